The molecule has 0 radical (unpaired) electrons. The Morgan fingerprint density at radius 2 is 1.69 bits per heavy atom. The average molecular weight is 347 g/mol. The van der Waals surface area contributed by atoms with E-state index in [9.17, 15) is 9.59 Å². The third kappa shape index (κ3) is 1.08. The number of carbonyl (C=O) groups excluding carboxylic acids is 2. The van der Waals surface area contributed by atoms with E-state index >= 15 is 0 Å². The number of esters is 2. The molecule has 2 heterocycles. The number of hydrogen-bond acceptors (Lipinski definition) is 6. The molecule has 7 rings (SSSR count). The standard InChI is InChI=1S/C20H17N3O3/c24-17-15-13-9-14(16(15)18(25)26-17)20-11-7-6-10(8-11)19(13,20)21-22-23(20)12-4-2-1-3-5-12/h1-7,10-11,13-16H,8-9H2/t10-,11-,13+,14+,15+,16+,19-,20-/m0/s1. The summed E-state index contributed by atoms with van der Waals surface area (Å²) in [5.41, 5.74) is 0.293. The van der Waals surface area contributed by atoms with E-state index in [1.807, 2.05) is 18.2 Å². The largest absolute Gasteiger partial charge is 0.393 e. The number of carbonyl (C=O) groups is 2. The minimum absolute atomic E-state index is 0.0499. The van der Waals surface area contributed by atoms with Gasteiger partial charge in [-0.2, -0.15) is 5.11 Å². The van der Waals surface area contributed by atoms with E-state index in [0.29, 0.717) is 11.8 Å². The second-order valence-corrected chi connectivity index (χ2v) is 8.56. The summed E-state index contributed by atoms with van der Waals surface area (Å²) in [6, 6.07) is 10.1. The molecule has 4 fully saturated rings. The molecular formula is C20H17N3O3. The Kier molecular flexibility index (Phi) is 2.06. The predicted octanol–water partition coefficient (Wildman–Crippen LogP) is 2.52. The molecule has 26 heavy (non-hydrogen) atoms. The molecule has 1 aromatic rings. The Bertz CT molecular complexity index is 943. The molecule has 4 aliphatic carbocycles. The minimum atomic E-state index is -0.391. The zero-order valence-electron chi connectivity index (χ0n) is 14.0. The lowest BCUT2D eigenvalue weighted by atomic mass is 9.56. The minimum Gasteiger partial charge on any atom is -0.393 e. The van der Waals surface area contributed by atoms with Crippen molar-refractivity contribution in [3.05, 3.63) is 42.5 Å². The van der Waals surface area contributed by atoms with Crippen LogP contribution in [0.4, 0.5) is 5.69 Å². The van der Waals surface area contributed by atoms with Gasteiger partial charge in [0.1, 0.15) is 11.1 Å². The fraction of sp³-hybridized carbons (Fsp3) is 0.500. The fourth-order valence-corrected chi connectivity index (χ4v) is 7.66. The van der Waals surface area contributed by atoms with E-state index in [-0.39, 0.29) is 41.1 Å². The number of benzene rings is 1. The molecule has 6 heteroatoms. The fourth-order valence-electron chi connectivity index (χ4n) is 7.66. The highest BCUT2D eigenvalue weighted by molar-refractivity contribution is 5.98. The van der Waals surface area contributed by atoms with Gasteiger partial charge in [-0.25, -0.2) is 5.01 Å². The molecule has 6 aliphatic rings. The van der Waals surface area contributed by atoms with Gasteiger partial charge >= 0.3 is 11.9 Å². The Balaban J connectivity index is 1.50. The quantitative estimate of drug-likeness (QED) is 0.445. The Hall–Kier alpha value is -2.50. The maximum Gasteiger partial charge on any atom is 0.317 e. The van der Waals surface area contributed by atoms with Crippen LogP contribution < -0.4 is 5.01 Å². The van der Waals surface area contributed by atoms with E-state index in [4.69, 9.17) is 9.85 Å². The van der Waals surface area contributed by atoms with Gasteiger partial charge in [0.05, 0.1) is 17.5 Å². The third-order valence-electron chi connectivity index (χ3n) is 8.14. The van der Waals surface area contributed by atoms with Crippen molar-refractivity contribution in [3.8, 4) is 0 Å². The van der Waals surface area contributed by atoms with Crippen LogP contribution in [-0.4, -0.2) is 23.0 Å². The molecule has 0 spiro atoms. The van der Waals surface area contributed by atoms with Crippen molar-refractivity contribution < 1.29 is 14.3 Å². The summed E-state index contributed by atoms with van der Waals surface area (Å²) in [4.78, 5) is 25.0. The summed E-state index contributed by atoms with van der Waals surface area (Å²) < 4.78 is 5.08. The lowest BCUT2D eigenvalue weighted by molar-refractivity contribution is -0.154. The molecule has 8 atom stereocenters. The van der Waals surface area contributed by atoms with Gasteiger partial charge in [-0.15, -0.1) is 0 Å². The number of anilines is 1. The number of fused-ring (bicyclic) bond motifs is 7. The summed E-state index contributed by atoms with van der Waals surface area (Å²) in [5.74, 6) is -0.615. The maximum atomic E-state index is 12.5. The molecule has 6 nitrogen and oxygen atoms in total. The molecule has 0 aromatic heterocycles. The van der Waals surface area contributed by atoms with E-state index in [1.165, 1.54) is 0 Å². The van der Waals surface area contributed by atoms with Crippen molar-refractivity contribution in [1.29, 1.82) is 0 Å². The van der Waals surface area contributed by atoms with Gasteiger partial charge in [-0.05, 0) is 25.0 Å². The first-order valence-electron chi connectivity index (χ1n) is 9.41. The third-order valence-corrected chi connectivity index (χ3v) is 8.14. The first-order valence-corrected chi connectivity index (χ1v) is 9.41. The second kappa shape index (κ2) is 3.92. The van der Waals surface area contributed by atoms with Crippen molar-refractivity contribution in [2.75, 3.05) is 5.01 Å². The molecule has 0 unspecified atom stereocenters. The van der Waals surface area contributed by atoms with Crippen molar-refractivity contribution in [2.24, 2.45) is 45.8 Å². The van der Waals surface area contributed by atoms with E-state index < -0.39 is 5.54 Å². The van der Waals surface area contributed by atoms with Crippen LogP contribution in [-0.2, 0) is 14.3 Å². The van der Waals surface area contributed by atoms with Crippen LogP contribution in [0.15, 0.2) is 52.8 Å². The first kappa shape index (κ1) is 13.7. The van der Waals surface area contributed by atoms with Crippen LogP contribution in [0.25, 0.3) is 0 Å². The molecular weight excluding hydrogens is 330 g/mol. The zero-order chi connectivity index (χ0) is 17.3. The number of rotatable bonds is 1. The molecule has 2 aliphatic heterocycles. The second-order valence-electron chi connectivity index (χ2n) is 8.56. The van der Waals surface area contributed by atoms with Crippen LogP contribution in [0.1, 0.15) is 12.8 Å². The highest BCUT2D eigenvalue weighted by Gasteiger charge is 2.88. The van der Waals surface area contributed by atoms with Crippen molar-refractivity contribution >= 4 is 17.6 Å². The number of nitrogens with zero attached hydrogens (tertiary/aromatic N) is 3. The van der Waals surface area contributed by atoms with Gasteiger partial charge < -0.3 is 4.74 Å². The summed E-state index contributed by atoms with van der Waals surface area (Å²) >= 11 is 0. The van der Waals surface area contributed by atoms with Crippen molar-refractivity contribution in [2.45, 2.75) is 23.9 Å². The van der Waals surface area contributed by atoms with Crippen molar-refractivity contribution in [1.82, 2.24) is 0 Å². The normalized spacial score (nSPS) is 51.2. The molecule has 0 amide bonds. The lowest BCUT2D eigenvalue weighted by Crippen LogP contribution is -2.67. The summed E-state index contributed by atoms with van der Waals surface area (Å²) in [6.07, 6.45) is 6.48. The summed E-state index contributed by atoms with van der Waals surface area (Å²) in [7, 11) is 0. The number of ether oxygens (including phenoxy) is 1. The van der Waals surface area contributed by atoms with Crippen LogP contribution in [0, 0.1) is 35.5 Å². The first-order chi connectivity index (χ1) is 12.7. The van der Waals surface area contributed by atoms with Gasteiger partial charge in [-0.1, -0.05) is 35.6 Å². The molecule has 1 saturated heterocycles. The molecule has 130 valence electrons. The van der Waals surface area contributed by atoms with Crippen LogP contribution in [0.2, 0.25) is 0 Å². The summed E-state index contributed by atoms with van der Waals surface area (Å²) in [6.45, 7) is 0. The maximum absolute atomic E-state index is 12.5. The smallest absolute Gasteiger partial charge is 0.317 e. The van der Waals surface area contributed by atoms with Gasteiger partial charge in [0.2, 0.25) is 0 Å². The topological polar surface area (TPSA) is 71.3 Å². The van der Waals surface area contributed by atoms with Crippen LogP contribution >= 0.6 is 0 Å². The average Bonchev–Trinajstić information content (AvgIpc) is 3.43. The van der Waals surface area contributed by atoms with Gasteiger partial charge in [0.25, 0.3) is 0 Å². The van der Waals surface area contributed by atoms with E-state index in [2.05, 4.69) is 34.5 Å². The monoisotopic (exact) mass is 347 g/mol. The molecule has 1 aromatic carbocycles. The number of hydrogen-bond donors (Lipinski definition) is 0. The number of cyclic esters (lactones) is 2. The lowest BCUT2D eigenvalue weighted by Gasteiger charge is -2.52. The van der Waals surface area contributed by atoms with Crippen LogP contribution in [0.5, 0.6) is 0 Å². The number of para-hydroxylation sites is 1. The van der Waals surface area contributed by atoms with E-state index in [1.54, 1.807) is 0 Å². The highest BCUT2D eigenvalue weighted by Crippen LogP contribution is 2.78. The Morgan fingerprint density at radius 1 is 0.962 bits per heavy atom. The van der Waals surface area contributed by atoms with Crippen molar-refractivity contribution in [3.63, 3.8) is 0 Å². The van der Waals surface area contributed by atoms with Gasteiger partial charge in [-0.3, -0.25) is 9.59 Å². The molecule has 0 N–H and O–H groups in total. The molecule has 4 bridgehead atoms. The Labute approximate surface area is 149 Å². The van der Waals surface area contributed by atoms with Crippen LogP contribution in [0.3, 0.4) is 0 Å². The van der Waals surface area contributed by atoms with Gasteiger partial charge in [0.15, 0.2) is 0 Å². The van der Waals surface area contributed by atoms with E-state index in [0.717, 1.165) is 18.5 Å². The Morgan fingerprint density at radius 3 is 2.50 bits per heavy atom. The predicted molar refractivity (Wildman–Crippen MR) is 89.7 cm³/mol. The SMILES string of the molecule is O=C1OC(=O)[C@H]2[C@H]1[C@H]1C[C@H]2[C@@]23[C@H]4C=C[C@@H](C4)[C@]12N=NN3c1ccccc1. The highest BCUT2D eigenvalue weighted by atomic mass is 16.6. The molecule has 3 saturated carbocycles. The van der Waals surface area contributed by atoms with Gasteiger partial charge in [0, 0.05) is 23.7 Å². The zero-order valence-corrected chi connectivity index (χ0v) is 14.0. The summed E-state index contributed by atoms with van der Waals surface area (Å²) in [5, 5.41) is 11.7.